The van der Waals surface area contributed by atoms with Gasteiger partial charge in [-0.1, -0.05) is 49.0 Å². The van der Waals surface area contributed by atoms with Crippen molar-refractivity contribution >= 4 is 46.7 Å². The molecule has 0 bridgehead atoms. The van der Waals surface area contributed by atoms with Gasteiger partial charge in [-0.05, 0) is 42.9 Å². The number of fused-ring (bicyclic) bond motifs is 2. The summed E-state index contributed by atoms with van der Waals surface area (Å²) in [4.78, 5) is 42.5. The van der Waals surface area contributed by atoms with Crippen LogP contribution in [0.4, 0.5) is 17.1 Å². The molecule has 0 aliphatic carbocycles. The number of esters is 1. The SMILES string of the molecule is CC(c1ccc(N2CCN(C)CC2)cc1)c1ccc2c(c1OC(=O)CC(O)(CC(=O)O)C(=O)O)Nc1ccccc1S2. The first-order valence-electron chi connectivity index (χ1n) is 13.7. The molecule has 0 saturated carbocycles. The number of likely N-dealkylation sites (N-methyl/N-ethyl adjacent to an activating group) is 1. The molecule has 1 saturated heterocycles. The van der Waals surface area contributed by atoms with E-state index < -0.39 is 36.4 Å². The van der Waals surface area contributed by atoms with Gasteiger partial charge in [0.25, 0.3) is 0 Å². The molecule has 0 aromatic heterocycles. The topological polar surface area (TPSA) is 140 Å². The van der Waals surface area contributed by atoms with Crippen LogP contribution in [0.25, 0.3) is 0 Å². The Balaban J connectivity index is 1.47. The van der Waals surface area contributed by atoms with Crippen molar-refractivity contribution in [3.8, 4) is 5.75 Å². The van der Waals surface area contributed by atoms with Gasteiger partial charge in [0.1, 0.15) is 0 Å². The highest BCUT2D eigenvalue weighted by molar-refractivity contribution is 7.99. The normalized spacial score (nSPS) is 16.8. The largest absolute Gasteiger partial charge is 0.481 e. The Kier molecular flexibility index (Phi) is 8.44. The van der Waals surface area contributed by atoms with Crippen molar-refractivity contribution in [2.24, 2.45) is 0 Å². The van der Waals surface area contributed by atoms with Crippen molar-refractivity contribution in [2.45, 2.75) is 41.1 Å². The van der Waals surface area contributed by atoms with E-state index in [1.165, 1.54) is 11.8 Å². The summed E-state index contributed by atoms with van der Waals surface area (Å²) in [6, 6.07) is 19.8. The quantitative estimate of drug-likeness (QED) is 0.163. The predicted molar refractivity (Wildman–Crippen MR) is 159 cm³/mol. The number of hydrogen-bond donors (Lipinski definition) is 4. The van der Waals surface area contributed by atoms with Gasteiger partial charge in [0.05, 0.1) is 24.2 Å². The number of ether oxygens (including phenoxy) is 1. The number of piperazine rings is 1. The van der Waals surface area contributed by atoms with Gasteiger partial charge in [0.15, 0.2) is 11.4 Å². The molecule has 4 N–H and O–H groups in total. The average molecular weight is 592 g/mol. The smallest absolute Gasteiger partial charge is 0.336 e. The van der Waals surface area contributed by atoms with E-state index in [4.69, 9.17) is 9.84 Å². The Bertz CT molecular complexity index is 1500. The molecule has 1 fully saturated rings. The van der Waals surface area contributed by atoms with Crippen molar-refractivity contribution in [3.63, 3.8) is 0 Å². The maximum atomic E-state index is 13.1. The zero-order valence-corrected chi connectivity index (χ0v) is 24.2. The number of anilines is 3. The minimum absolute atomic E-state index is 0.207. The first-order valence-corrected chi connectivity index (χ1v) is 14.5. The third-order valence-corrected chi connectivity index (χ3v) is 8.88. The van der Waals surface area contributed by atoms with Crippen LogP contribution in [0.3, 0.4) is 0 Å². The van der Waals surface area contributed by atoms with Gasteiger partial charge in [0.2, 0.25) is 0 Å². The van der Waals surface area contributed by atoms with Gasteiger partial charge in [-0.3, -0.25) is 9.59 Å². The summed E-state index contributed by atoms with van der Waals surface area (Å²) in [5, 5.41) is 32.4. The van der Waals surface area contributed by atoms with Crippen molar-refractivity contribution in [2.75, 3.05) is 43.4 Å². The fourth-order valence-electron chi connectivity index (χ4n) is 5.22. The number of carboxylic acid groups (broad SMARTS) is 2. The minimum Gasteiger partial charge on any atom is -0.481 e. The third kappa shape index (κ3) is 6.23. The fourth-order valence-corrected chi connectivity index (χ4v) is 6.21. The van der Waals surface area contributed by atoms with Crippen LogP contribution in [0.5, 0.6) is 5.75 Å². The van der Waals surface area contributed by atoms with Crippen LogP contribution in [-0.4, -0.2) is 77.0 Å². The second-order valence-corrected chi connectivity index (χ2v) is 11.8. The lowest BCUT2D eigenvalue weighted by Crippen LogP contribution is -2.44. The van der Waals surface area contributed by atoms with Crippen LogP contribution in [-0.2, 0) is 14.4 Å². The Morgan fingerprint density at radius 3 is 2.31 bits per heavy atom. The Morgan fingerprint density at radius 1 is 0.952 bits per heavy atom. The maximum absolute atomic E-state index is 13.1. The van der Waals surface area contributed by atoms with Gasteiger partial charge in [-0.15, -0.1) is 0 Å². The molecule has 0 radical (unpaired) electrons. The maximum Gasteiger partial charge on any atom is 0.336 e. The van der Waals surface area contributed by atoms with Crippen LogP contribution in [0.15, 0.2) is 70.5 Å². The molecule has 10 nitrogen and oxygen atoms in total. The van der Waals surface area contributed by atoms with E-state index in [1.807, 2.05) is 43.3 Å². The average Bonchev–Trinajstić information content (AvgIpc) is 2.96. The van der Waals surface area contributed by atoms with Crippen molar-refractivity contribution in [3.05, 3.63) is 71.8 Å². The van der Waals surface area contributed by atoms with Crippen molar-refractivity contribution in [1.29, 1.82) is 0 Å². The van der Waals surface area contributed by atoms with Crippen molar-refractivity contribution in [1.82, 2.24) is 4.90 Å². The molecule has 2 atom stereocenters. The zero-order valence-electron chi connectivity index (χ0n) is 23.4. The first-order chi connectivity index (χ1) is 20.0. The zero-order chi connectivity index (χ0) is 30.0. The lowest BCUT2D eigenvalue weighted by atomic mass is 9.91. The number of carboxylic acids is 2. The van der Waals surface area contributed by atoms with Crippen LogP contribution in [0.1, 0.15) is 36.8 Å². The van der Waals surface area contributed by atoms with Gasteiger partial charge in [-0.25, -0.2) is 4.79 Å². The van der Waals surface area contributed by atoms with Gasteiger partial charge >= 0.3 is 17.9 Å². The van der Waals surface area contributed by atoms with E-state index in [9.17, 15) is 24.6 Å². The lowest BCUT2D eigenvalue weighted by molar-refractivity contribution is -0.169. The molecule has 3 aromatic rings. The molecule has 2 unspecified atom stereocenters. The molecule has 5 rings (SSSR count). The molecule has 3 aromatic carbocycles. The number of nitrogens with zero attached hydrogens (tertiary/aromatic N) is 2. The molecule has 2 heterocycles. The van der Waals surface area contributed by atoms with E-state index in [-0.39, 0.29) is 11.7 Å². The second-order valence-electron chi connectivity index (χ2n) is 10.7. The van der Waals surface area contributed by atoms with Gasteiger partial charge in [0, 0.05) is 53.1 Å². The first kappa shape index (κ1) is 29.4. The molecule has 0 amide bonds. The highest BCUT2D eigenvalue weighted by atomic mass is 32.2. The molecule has 0 spiro atoms. The summed E-state index contributed by atoms with van der Waals surface area (Å²) in [5.74, 6) is -4.43. The fraction of sp³-hybridized carbons (Fsp3) is 0.323. The summed E-state index contributed by atoms with van der Waals surface area (Å²) in [6.45, 7) is 5.89. The van der Waals surface area contributed by atoms with Crippen molar-refractivity contribution < 1.29 is 34.4 Å². The Hall–Kier alpha value is -4.06. The standard InChI is InChI=1S/C31H33N3O7S/c1-19(20-7-9-21(10-8-20)34-15-13-33(2)14-16-34)22-11-12-25-28(32-23-5-3-4-6-24(23)42-25)29(22)41-27(37)18-31(40,30(38)39)17-26(35)36/h3-12,19,32,40H,13-18H2,1-2H3,(H,35,36)(H,38,39). The van der Waals surface area contributed by atoms with E-state index in [0.717, 1.165) is 52.9 Å². The van der Waals surface area contributed by atoms with E-state index in [2.05, 4.69) is 46.4 Å². The highest BCUT2D eigenvalue weighted by Crippen LogP contribution is 2.51. The number of aliphatic hydroxyl groups is 1. The number of carbonyl (C=O) groups is 3. The minimum atomic E-state index is -2.81. The number of nitrogens with one attached hydrogen (secondary N) is 1. The lowest BCUT2D eigenvalue weighted by Gasteiger charge is -2.34. The molecular formula is C31H33N3O7S. The number of carbonyl (C=O) groups excluding carboxylic acids is 1. The molecule has 11 heteroatoms. The molecule has 220 valence electrons. The number of para-hydroxylation sites is 1. The Labute approximate surface area is 247 Å². The summed E-state index contributed by atoms with van der Waals surface area (Å²) in [7, 11) is 2.12. The van der Waals surface area contributed by atoms with Crippen LogP contribution < -0.4 is 15.0 Å². The number of benzene rings is 3. The second kappa shape index (κ2) is 12.0. The molecule has 2 aliphatic heterocycles. The number of aliphatic carboxylic acids is 2. The summed E-state index contributed by atoms with van der Waals surface area (Å²) in [5.41, 5.74) is 1.36. The van der Waals surface area contributed by atoms with Crippen LogP contribution >= 0.6 is 11.8 Å². The summed E-state index contributed by atoms with van der Waals surface area (Å²) in [6.07, 6.45) is -2.18. The molecular weight excluding hydrogens is 558 g/mol. The molecule has 42 heavy (non-hydrogen) atoms. The van der Waals surface area contributed by atoms with E-state index >= 15 is 0 Å². The van der Waals surface area contributed by atoms with Gasteiger partial charge in [-0.2, -0.15) is 0 Å². The van der Waals surface area contributed by atoms with E-state index in [0.29, 0.717) is 11.3 Å². The monoisotopic (exact) mass is 591 g/mol. The van der Waals surface area contributed by atoms with Crippen LogP contribution in [0, 0.1) is 0 Å². The third-order valence-electron chi connectivity index (χ3n) is 7.74. The van der Waals surface area contributed by atoms with E-state index in [1.54, 1.807) is 0 Å². The molecule has 2 aliphatic rings. The summed E-state index contributed by atoms with van der Waals surface area (Å²) < 4.78 is 5.81. The van der Waals surface area contributed by atoms with Crippen LogP contribution in [0.2, 0.25) is 0 Å². The Morgan fingerprint density at radius 2 is 1.64 bits per heavy atom. The summed E-state index contributed by atoms with van der Waals surface area (Å²) >= 11 is 1.50. The van der Waals surface area contributed by atoms with Gasteiger partial charge < -0.3 is 35.2 Å². The number of hydrogen-bond acceptors (Lipinski definition) is 9. The predicted octanol–water partition coefficient (Wildman–Crippen LogP) is 4.38. The highest BCUT2D eigenvalue weighted by Gasteiger charge is 2.42. The number of rotatable bonds is 9.